The van der Waals surface area contributed by atoms with Gasteiger partial charge < -0.3 is 15.0 Å². The van der Waals surface area contributed by atoms with Gasteiger partial charge in [-0.05, 0) is 44.7 Å². The van der Waals surface area contributed by atoms with E-state index >= 15 is 0 Å². The maximum Gasteiger partial charge on any atom is 0.242 e. The van der Waals surface area contributed by atoms with E-state index in [1.807, 2.05) is 45.0 Å². The first kappa shape index (κ1) is 17.0. The number of halogens is 1. The highest BCUT2D eigenvalue weighted by Crippen LogP contribution is 2.16. The van der Waals surface area contributed by atoms with Gasteiger partial charge in [0.25, 0.3) is 0 Å². The Bertz CT molecular complexity index is 432. The van der Waals surface area contributed by atoms with E-state index in [-0.39, 0.29) is 5.91 Å². The van der Waals surface area contributed by atoms with Crippen LogP contribution in [0.25, 0.3) is 0 Å². The van der Waals surface area contributed by atoms with Gasteiger partial charge in [-0.2, -0.15) is 0 Å². The normalized spacial score (nSPS) is 11.2. The van der Waals surface area contributed by atoms with E-state index in [1.165, 1.54) is 0 Å². The molecule has 0 fully saturated rings. The van der Waals surface area contributed by atoms with Crippen LogP contribution in [-0.4, -0.2) is 43.1 Å². The molecule has 1 rings (SSSR count). The van der Waals surface area contributed by atoms with Crippen LogP contribution in [0.1, 0.15) is 20.8 Å². The summed E-state index contributed by atoms with van der Waals surface area (Å²) in [5.74, 6) is 0.874. The molecule has 4 nitrogen and oxygen atoms in total. The molecule has 0 saturated heterocycles. The molecule has 0 bridgehead atoms. The average molecular weight is 343 g/mol. The van der Waals surface area contributed by atoms with Crippen LogP contribution in [0, 0.1) is 0 Å². The standard InChI is InChI=1S/C15H23BrN2O2/c1-5-17-15(2,3)14(19)18(4)10-11-20-13-8-6-12(16)7-9-13/h6-9,17H,5,10-11H2,1-4H3. The van der Waals surface area contributed by atoms with E-state index in [0.717, 1.165) is 16.8 Å². The lowest BCUT2D eigenvalue weighted by molar-refractivity contribution is -0.136. The van der Waals surface area contributed by atoms with Crippen molar-refractivity contribution in [3.05, 3.63) is 28.7 Å². The third-order valence-corrected chi connectivity index (χ3v) is 3.54. The van der Waals surface area contributed by atoms with Gasteiger partial charge in [0.05, 0.1) is 12.1 Å². The summed E-state index contributed by atoms with van der Waals surface area (Å²) in [6.45, 7) is 7.58. The summed E-state index contributed by atoms with van der Waals surface area (Å²) < 4.78 is 6.64. The summed E-state index contributed by atoms with van der Waals surface area (Å²) in [7, 11) is 1.80. The number of hydrogen-bond acceptors (Lipinski definition) is 3. The molecule has 20 heavy (non-hydrogen) atoms. The molecule has 1 amide bonds. The third kappa shape index (κ3) is 5.13. The minimum atomic E-state index is -0.541. The number of rotatable bonds is 7. The average Bonchev–Trinajstić information content (AvgIpc) is 2.40. The smallest absolute Gasteiger partial charge is 0.242 e. The van der Waals surface area contributed by atoms with Crippen molar-refractivity contribution in [1.29, 1.82) is 0 Å². The van der Waals surface area contributed by atoms with E-state index in [4.69, 9.17) is 4.74 Å². The Hall–Kier alpha value is -1.07. The highest BCUT2D eigenvalue weighted by Gasteiger charge is 2.28. The summed E-state index contributed by atoms with van der Waals surface area (Å²) in [6, 6.07) is 7.65. The number of likely N-dealkylation sites (N-methyl/N-ethyl adjacent to an activating group) is 2. The molecule has 0 radical (unpaired) electrons. The molecular weight excluding hydrogens is 320 g/mol. The molecule has 0 aromatic heterocycles. The van der Waals surface area contributed by atoms with Crippen LogP contribution in [0.3, 0.4) is 0 Å². The van der Waals surface area contributed by atoms with Gasteiger partial charge in [0.1, 0.15) is 12.4 Å². The first-order chi connectivity index (χ1) is 9.36. The minimum Gasteiger partial charge on any atom is -0.492 e. The SMILES string of the molecule is CCNC(C)(C)C(=O)N(C)CCOc1ccc(Br)cc1. The van der Waals surface area contributed by atoms with Gasteiger partial charge in [0.2, 0.25) is 5.91 Å². The predicted molar refractivity (Wildman–Crippen MR) is 85.0 cm³/mol. The van der Waals surface area contributed by atoms with E-state index in [1.54, 1.807) is 11.9 Å². The van der Waals surface area contributed by atoms with E-state index in [9.17, 15) is 4.79 Å². The molecule has 0 aliphatic rings. The van der Waals surface area contributed by atoms with Crippen molar-refractivity contribution in [2.75, 3.05) is 26.7 Å². The number of ether oxygens (including phenoxy) is 1. The van der Waals surface area contributed by atoms with Crippen LogP contribution in [0.4, 0.5) is 0 Å². The summed E-state index contributed by atoms with van der Waals surface area (Å²) in [5.41, 5.74) is -0.541. The molecule has 1 N–H and O–H groups in total. The van der Waals surface area contributed by atoms with Gasteiger partial charge in [-0.3, -0.25) is 4.79 Å². The van der Waals surface area contributed by atoms with Gasteiger partial charge in [-0.1, -0.05) is 22.9 Å². The molecule has 0 spiro atoms. The van der Waals surface area contributed by atoms with E-state index in [0.29, 0.717) is 13.2 Å². The minimum absolute atomic E-state index is 0.0683. The van der Waals surface area contributed by atoms with E-state index in [2.05, 4.69) is 21.2 Å². The van der Waals surface area contributed by atoms with Crippen LogP contribution < -0.4 is 10.1 Å². The number of amides is 1. The summed E-state index contributed by atoms with van der Waals surface area (Å²) in [6.07, 6.45) is 0. The first-order valence-electron chi connectivity index (χ1n) is 6.75. The molecule has 1 aromatic carbocycles. The lowest BCUT2D eigenvalue weighted by Crippen LogP contribution is -2.53. The molecule has 0 aliphatic carbocycles. The number of carbonyl (C=O) groups is 1. The van der Waals surface area contributed by atoms with Gasteiger partial charge in [-0.25, -0.2) is 0 Å². The highest BCUT2D eigenvalue weighted by molar-refractivity contribution is 9.10. The Labute approximate surface area is 129 Å². The topological polar surface area (TPSA) is 41.6 Å². The van der Waals surface area contributed by atoms with Crippen molar-refractivity contribution in [1.82, 2.24) is 10.2 Å². The Morgan fingerprint density at radius 2 is 1.95 bits per heavy atom. The van der Waals surface area contributed by atoms with Crippen molar-refractivity contribution >= 4 is 21.8 Å². The van der Waals surface area contributed by atoms with Crippen molar-refractivity contribution < 1.29 is 9.53 Å². The molecule has 5 heteroatoms. The largest absolute Gasteiger partial charge is 0.492 e. The number of hydrogen-bond donors (Lipinski definition) is 1. The fourth-order valence-corrected chi connectivity index (χ4v) is 2.19. The molecule has 0 heterocycles. The highest BCUT2D eigenvalue weighted by atomic mass is 79.9. The number of carbonyl (C=O) groups excluding carboxylic acids is 1. The van der Waals surface area contributed by atoms with Crippen molar-refractivity contribution in [3.8, 4) is 5.75 Å². The van der Waals surface area contributed by atoms with Crippen molar-refractivity contribution in [3.63, 3.8) is 0 Å². The molecule has 0 saturated carbocycles. The molecule has 0 aliphatic heterocycles. The lowest BCUT2D eigenvalue weighted by Gasteiger charge is -2.30. The number of benzene rings is 1. The number of nitrogens with zero attached hydrogens (tertiary/aromatic N) is 1. The Kier molecular flexibility index (Phi) is 6.49. The van der Waals surface area contributed by atoms with Gasteiger partial charge in [0.15, 0.2) is 0 Å². The second kappa shape index (κ2) is 7.64. The van der Waals surface area contributed by atoms with Gasteiger partial charge >= 0.3 is 0 Å². The van der Waals surface area contributed by atoms with E-state index < -0.39 is 5.54 Å². The first-order valence-corrected chi connectivity index (χ1v) is 7.55. The monoisotopic (exact) mass is 342 g/mol. The fraction of sp³-hybridized carbons (Fsp3) is 0.533. The maximum absolute atomic E-state index is 12.2. The molecule has 1 aromatic rings. The molecule has 112 valence electrons. The van der Waals surface area contributed by atoms with Crippen LogP contribution >= 0.6 is 15.9 Å². The Morgan fingerprint density at radius 3 is 2.50 bits per heavy atom. The molecule has 0 atom stereocenters. The zero-order valence-corrected chi connectivity index (χ0v) is 14.2. The second-order valence-corrected chi connectivity index (χ2v) is 6.10. The molecule has 0 unspecified atom stereocenters. The quantitative estimate of drug-likeness (QED) is 0.828. The maximum atomic E-state index is 12.2. The zero-order chi connectivity index (χ0) is 15.2. The van der Waals surface area contributed by atoms with Crippen molar-refractivity contribution in [2.24, 2.45) is 0 Å². The van der Waals surface area contributed by atoms with Gasteiger partial charge in [-0.15, -0.1) is 0 Å². The fourth-order valence-electron chi connectivity index (χ4n) is 1.93. The summed E-state index contributed by atoms with van der Waals surface area (Å²) in [5, 5.41) is 3.18. The predicted octanol–water partition coefficient (Wildman–Crippen LogP) is 2.67. The Balaban J connectivity index is 2.41. The van der Waals surface area contributed by atoms with Crippen LogP contribution in [0.5, 0.6) is 5.75 Å². The second-order valence-electron chi connectivity index (χ2n) is 5.18. The number of nitrogens with one attached hydrogen (secondary N) is 1. The summed E-state index contributed by atoms with van der Waals surface area (Å²) in [4.78, 5) is 13.9. The Morgan fingerprint density at radius 1 is 1.35 bits per heavy atom. The lowest BCUT2D eigenvalue weighted by atomic mass is 10.0. The van der Waals surface area contributed by atoms with Crippen LogP contribution in [0.2, 0.25) is 0 Å². The van der Waals surface area contributed by atoms with Crippen LogP contribution in [0.15, 0.2) is 28.7 Å². The van der Waals surface area contributed by atoms with Crippen molar-refractivity contribution in [2.45, 2.75) is 26.3 Å². The van der Waals surface area contributed by atoms with Crippen LogP contribution in [-0.2, 0) is 4.79 Å². The summed E-state index contributed by atoms with van der Waals surface area (Å²) >= 11 is 3.38. The third-order valence-electron chi connectivity index (χ3n) is 3.01. The van der Waals surface area contributed by atoms with Gasteiger partial charge in [0, 0.05) is 11.5 Å². The molecular formula is C15H23BrN2O2. The zero-order valence-electron chi connectivity index (χ0n) is 12.6.